The molecule has 1 unspecified atom stereocenters. The molecule has 36 heavy (non-hydrogen) atoms. The maximum absolute atomic E-state index is 14.0. The summed E-state index contributed by atoms with van der Waals surface area (Å²) in [6.45, 7) is -0.314. The first kappa shape index (κ1) is 26.6. The molecule has 1 aromatic carbocycles. The fourth-order valence-corrected chi connectivity index (χ4v) is 6.92. The molecule has 2 aliphatic carbocycles. The Kier molecular flexibility index (Phi) is 6.75. The number of carbonyl (C=O) groups is 1. The van der Waals surface area contributed by atoms with Crippen LogP contribution in [0.5, 0.6) is 0 Å². The number of carbonyl (C=O) groups excluding carboxylic acids is 1. The molecule has 1 aromatic rings. The van der Waals surface area contributed by atoms with Crippen LogP contribution < -0.4 is 10.2 Å². The van der Waals surface area contributed by atoms with Gasteiger partial charge in [0.25, 0.3) is 5.92 Å². The monoisotopic (exact) mass is 535 g/mol. The Bertz CT molecular complexity index is 1170. The molecule has 0 aromatic heterocycles. The predicted molar refractivity (Wildman–Crippen MR) is 118 cm³/mol. The van der Waals surface area contributed by atoms with E-state index in [1.807, 2.05) is 6.07 Å². The topological polar surface area (TPSA) is 99.5 Å². The Balaban J connectivity index is 1.60. The van der Waals surface area contributed by atoms with Gasteiger partial charge in [-0.25, -0.2) is 17.2 Å². The molecule has 13 heteroatoms. The van der Waals surface area contributed by atoms with E-state index in [0.29, 0.717) is 18.9 Å². The van der Waals surface area contributed by atoms with E-state index in [9.17, 15) is 40.4 Å². The van der Waals surface area contributed by atoms with E-state index in [0.717, 1.165) is 6.07 Å². The number of nitriles is 1. The van der Waals surface area contributed by atoms with Crippen LogP contribution in [0.15, 0.2) is 23.1 Å². The number of hydrogen-bond acceptors (Lipinski definition) is 6. The van der Waals surface area contributed by atoms with Crippen molar-refractivity contribution in [3.8, 4) is 6.07 Å². The van der Waals surface area contributed by atoms with Crippen molar-refractivity contribution in [3.05, 3.63) is 23.8 Å². The molecular weight excluding hydrogens is 509 g/mol. The van der Waals surface area contributed by atoms with Crippen LogP contribution in [0.3, 0.4) is 0 Å². The van der Waals surface area contributed by atoms with E-state index in [4.69, 9.17) is 4.74 Å². The molecule has 7 nitrogen and oxygen atoms in total. The number of nitrogens with one attached hydrogen (secondary N) is 1. The number of sulfone groups is 1. The van der Waals surface area contributed by atoms with Crippen molar-refractivity contribution >= 4 is 21.4 Å². The standard InChI is InChI=1S/C23H26F5N3O4S/c1-35-18-12-15(11-16(18)20(32)30-21(13-29)4-5-21)36(33,34)19-3-2-14(10-17(19)23(26,27)28)31-8-6-22(24,25)7-9-31/h2-3,10,15-16,18H,4-9,11-12H2,1H3,(H,30,32)/t15-,16?,18-/m0/s1. The van der Waals surface area contributed by atoms with Gasteiger partial charge in [0.1, 0.15) is 5.54 Å². The molecule has 1 N–H and O–H groups in total. The second kappa shape index (κ2) is 9.13. The molecule has 198 valence electrons. The quantitative estimate of drug-likeness (QED) is 0.558. The van der Waals surface area contributed by atoms with Crippen LogP contribution >= 0.6 is 0 Å². The van der Waals surface area contributed by atoms with Gasteiger partial charge in [-0.2, -0.15) is 18.4 Å². The summed E-state index contributed by atoms with van der Waals surface area (Å²) in [6.07, 6.45) is -6.38. The third kappa shape index (κ3) is 5.16. The zero-order valence-electron chi connectivity index (χ0n) is 19.4. The normalized spacial score (nSPS) is 27.4. The molecule has 0 radical (unpaired) electrons. The van der Waals surface area contributed by atoms with Crippen molar-refractivity contribution in [2.24, 2.45) is 5.92 Å². The van der Waals surface area contributed by atoms with E-state index in [-0.39, 0.29) is 31.6 Å². The van der Waals surface area contributed by atoms with Crippen molar-refractivity contribution in [1.82, 2.24) is 5.32 Å². The number of halogens is 5. The van der Waals surface area contributed by atoms with Gasteiger partial charge in [0.2, 0.25) is 5.91 Å². The van der Waals surface area contributed by atoms with Crippen LogP contribution in [0.25, 0.3) is 0 Å². The maximum atomic E-state index is 14.0. The maximum Gasteiger partial charge on any atom is 0.417 e. The van der Waals surface area contributed by atoms with Gasteiger partial charge in [-0.3, -0.25) is 4.79 Å². The number of methoxy groups -OCH3 is 1. The first-order valence-electron chi connectivity index (χ1n) is 11.6. The van der Waals surface area contributed by atoms with Crippen molar-refractivity contribution in [1.29, 1.82) is 5.26 Å². The summed E-state index contributed by atoms with van der Waals surface area (Å²) in [6, 6.07) is 4.76. The molecule has 1 aliphatic heterocycles. The van der Waals surface area contributed by atoms with E-state index in [1.165, 1.54) is 18.1 Å². The van der Waals surface area contributed by atoms with Gasteiger partial charge in [-0.1, -0.05) is 0 Å². The van der Waals surface area contributed by atoms with Gasteiger partial charge in [0.15, 0.2) is 9.84 Å². The summed E-state index contributed by atoms with van der Waals surface area (Å²) >= 11 is 0. The average molecular weight is 536 g/mol. The van der Waals surface area contributed by atoms with Crippen LogP contribution in [0, 0.1) is 17.2 Å². The zero-order valence-corrected chi connectivity index (χ0v) is 20.3. The third-order valence-electron chi connectivity index (χ3n) is 7.30. The highest BCUT2D eigenvalue weighted by Gasteiger charge is 2.51. The minimum atomic E-state index is -5.01. The summed E-state index contributed by atoms with van der Waals surface area (Å²) in [7, 11) is -3.26. The highest BCUT2D eigenvalue weighted by molar-refractivity contribution is 7.92. The number of benzene rings is 1. The van der Waals surface area contributed by atoms with Crippen LogP contribution in [0.2, 0.25) is 0 Å². The number of piperidine rings is 1. The largest absolute Gasteiger partial charge is 0.417 e. The molecule has 2 saturated carbocycles. The molecule has 1 heterocycles. The number of nitrogens with zero attached hydrogens (tertiary/aromatic N) is 2. The van der Waals surface area contributed by atoms with Crippen LogP contribution in [0.4, 0.5) is 27.6 Å². The van der Waals surface area contributed by atoms with Crippen molar-refractivity contribution in [2.75, 3.05) is 25.1 Å². The molecule has 0 spiro atoms. The molecule has 3 fully saturated rings. The van der Waals surface area contributed by atoms with Gasteiger partial charge >= 0.3 is 6.18 Å². The van der Waals surface area contributed by atoms with E-state index < -0.39 is 74.0 Å². The smallest absolute Gasteiger partial charge is 0.381 e. The fourth-order valence-electron chi connectivity index (χ4n) is 4.92. The second-order valence-electron chi connectivity index (χ2n) is 9.72. The van der Waals surface area contributed by atoms with Gasteiger partial charge in [0, 0.05) is 38.7 Å². The van der Waals surface area contributed by atoms with Gasteiger partial charge in [-0.15, -0.1) is 0 Å². The Hall–Kier alpha value is -2.46. The van der Waals surface area contributed by atoms with Crippen LogP contribution in [-0.2, 0) is 25.5 Å². The fraction of sp³-hybridized carbons (Fsp3) is 0.652. The lowest BCUT2D eigenvalue weighted by atomic mass is 10.0. The summed E-state index contributed by atoms with van der Waals surface area (Å²) < 4.78 is 101. The lowest BCUT2D eigenvalue weighted by Crippen LogP contribution is -2.42. The van der Waals surface area contributed by atoms with Crippen molar-refractivity contribution in [3.63, 3.8) is 0 Å². The number of alkyl halides is 5. The molecule has 4 rings (SSSR count). The second-order valence-corrected chi connectivity index (χ2v) is 11.9. The summed E-state index contributed by atoms with van der Waals surface area (Å²) in [4.78, 5) is 13.2. The number of rotatable bonds is 6. The van der Waals surface area contributed by atoms with E-state index >= 15 is 0 Å². The number of anilines is 1. The Morgan fingerprint density at radius 1 is 1.17 bits per heavy atom. The Labute approximate surface area is 205 Å². The lowest BCUT2D eigenvalue weighted by Gasteiger charge is -2.34. The van der Waals surface area contributed by atoms with Crippen molar-refractivity contribution in [2.45, 2.75) is 72.4 Å². The highest BCUT2D eigenvalue weighted by atomic mass is 32.2. The first-order chi connectivity index (χ1) is 16.7. The first-order valence-corrected chi connectivity index (χ1v) is 13.1. The average Bonchev–Trinajstić information content (AvgIpc) is 3.43. The SMILES string of the molecule is CO[C@H]1C[C@@H](S(=O)(=O)c2ccc(N3CCC(F)(F)CC3)cc2C(F)(F)F)CC1C(=O)NC1(C#N)CC1. The minimum Gasteiger partial charge on any atom is -0.381 e. The number of amides is 1. The van der Waals surface area contributed by atoms with Gasteiger partial charge in [0.05, 0.1) is 33.8 Å². The van der Waals surface area contributed by atoms with Crippen molar-refractivity contribution < 1.29 is 39.9 Å². The molecule has 0 bridgehead atoms. The molecule has 1 saturated heterocycles. The third-order valence-corrected chi connectivity index (χ3v) is 9.53. The molecular formula is C23H26F5N3O4S. The Morgan fingerprint density at radius 2 is 1.81 bits per heavy atom. The van der Waals surface area contributed by atoms with Gasteiger partial charge in [-0.05, 0) is 43.9 Å². The number of hydrogen-bond donors (Lipinski definition) is 1. The number of ether oxygens (including phenoxy) is 1. The minimum absolute atomic E-state index is 0.0152. The molecule has 3 atom stereocenters. The van der Waals surface area contributed by atoms with Gasteiger partial charge < -0.3 is 15.0 Å². The zero-order chi connectivity index (χ0) is 26.5. The van der Waals surface area contributed by atoms with E-state index in [1.54, 1.807) is 0 Å². The lowest BCUT2D eigenvalue weighted by molar-refractivity contribution is -0.139. The van der Waals surface area contributed by atoms with Crippen LogP contribution in [-0.4, -0.2) is 57.3 Å². The highest BCUT2D eigenvalue weighted by Crippen LogP contribution is 2.43. The summed E-state index contributed by atoms with van der Waals surface area (Å²) in [5.74, 6) is -4.39. The predicted octanol–water partition coefficient (Wildman–Crippen LogP) is 3.68. The Morgan fingerprint density at radius 3 is 2.33 bits per heavy atom. The van der Waals surface area contributed by atoms with Crippen LogP contribution in [0.1, 0.15) is 44.1 Å². The summed E-state index contributed by atoms with van der Waals surface area (Å²) in [5.41, 5.74) is -2.34. The summed E-state index contributed by atoms with van der Waals surface area (Å²) in [5, 5.41) is 10.5. The molecule has 3 aliphatic rings. The van der Waals surface area contributed by atoms with E-state index in [2.05, 4.69) is 5.32 Å². The molecule has 1 amide bonds.